The van der Waals surface area contributed by atoms with E-state index in [0.29, 0.717) is 4.47 Å². The zero-order valence-corrected chi connectivity index (χ0v) is 12.1. The van der Waals surface area contributed by atoms with Crippen LogP contribution in [0.1, 0.15) is 15.9 Å². The highest BCUT2D eigenvalue weighted by atomic mass is 79.9. The number of halogens is 4. The van der Waals surface area contributed by atoms with Gasteiger partial charge in [-0.25, -0.2) is 0 Å². The number of anilines is 2. The number of carbonyl (C=O) groups excluding carboxylic acids is 1. The summed E-state index contributed by atoms with van der Waals surface area (Å²) in [5, 5.41) is 2.38. The van der Waals surface area contributed by atoms with Gasteiger partial charge in [-0.1, -0.05) is 28.1 Å². The van der Waals surface area contributed by atoms with Crippen LogP contribution in [-0.4, -0.2) is 5.91 Å². The summed E-state index contributed by atoms with van der Waals surface area (Å²) < 4.78 is 39.3. The van der Waals surface area contributed by atoms with Crippen molar-refractivity contribution in [2.75, 3.05) is 11.1 Å². The zero-order chi connectivity index (χ0) is 15.6. The van der Waals surface area contributed by atoms with Gasteiger partial charge in [-0.05, 0) is 30.3 Å². The molecule has 0 fully saturated rings. The number of carbonyl (C=O) groups is 1. The molecular formula is C14H10BrF3N2O. The lowest BCUT2D eigenvalue weighted by atomic mass is 10.1. The van der Waals surface area contributed by atoms with Crippen molar-refractivity contribution in [1.82, 2.24) is 0 Å². The first-order valence-electron chi connectivity index (χ1n) is 5.81. The van der Waals surface area contributed by atoms with Crippen LogP contribution in [0.3, 0.4) is 0 Å². The number of hydrogen-bond donors (Lipinski definition) is 2. The Bertz CT molecular complexity index is 686. The lowest BCUT2D eigenvalue weighted by Gasteiger charge is -2.13. The van der Waals surface area contributed by atoms with Gasteiger partial charge >= 0.3 is 6.18 Å². The van der Waals surface area contributed by atoms with Crippen molar-refractivity contribution in [3.63, 3.8) is 0 Å². The predicted molar refractivity (Wildman–Crippen MR) is 78.0 cm³/mol. The van der Waals surface area contributed by atoms with E-state index in [-0.39, 0.29) is 11.4 Å². The molecule has 110 valence electrons. The van der Waals surface area contributed by atoms with E-state index < -0.39 is 23.2 Å². The van der Waals surface area contributed by atoms with E-state index in [0.717, 1.165) is 12.1 Å². The maximum atomic E-state index is 12.9. The number of hydrogen-bond acceptors (Lipinski definition) is 2. The summed E-state index contributed by atoms with van der Waals surface area (Å²) in [6, 6.07) is 9.26. The summed E-state index contributed by atoms with van der Waals surface area (Å²) in [6.07, 6.45) is -4.60. The van der Waals surface area contributed by atoms with E-state index in [1.807, 2.05) is 0 Å². The molecule has 0 bridgehead atoms. The van der Waals surface area contributed by atoms with Gasteiger partial charge in [0.2, 0.25) is 0 Å². The van der Waals surface area contributed by atoms with Gasteiger partial charge in [0.05, 0.1) is 22.5 Å². The monoisotopic (exact) mass is 358 g/mol. The van der Waals surface area contributed by atoms with E-state index in [1.54, 1.807) is 12.1 Å². The van der Waals surface area contributed by atoms with Crippen LogP contribution in [0.5, 0.6) is 0 Å². The Morgan fingerprint density at radius 1 is 1.14 bits per heavy atom. The molecule has 3 nitrogen and oxygen atoms in total. The molecule has 0 heterocycles. The fourth-order valence-corrected chi connectivity index (χ4v) is 2.14. The van der Waals surface area contributed by atoms with Gasteiger partial charge in [0.25, 0.3) is 5.91 Å². The molecule has 0 aliphatic carbocycles. The Hall–Kier alpha value is -2.02. The molecule has 0 aliphatic rings. The molecule has 7 heteroatoms. The van der Waals surface area contributed by atoms with E-state index in [4.69, 9.17) is 5.73 Å². The highest BCUT2D eigenvalue weighted by Crippen LogP contribution is 2.32. The number of rotatable bonds is 2. The van der Waals surface area contributed by atoms with Crippen LogP contribution in [0.2, 0.25) is 0 Å². The van der Waals surface area contributed by atoms with Gasteiger partial charge in [-0.15, -0.1) is 0 Å². The number of nitrogens with two attached hydrogens (primary N) is 1. The molecule has 3 N–H and O–H groups in total. The molecule has 2 aromatic rings. The Morgan fingerprint density at radius 3 is 2.43 bits per heavy atom. The first-order valence-corrected chi connectivity index (χ1v) is 6.61. The Balaban J connectivity index is 2.33. The molecule has 0 aromatic heterocycles. The average Bonchev–Trinajstić information content (AvgIpc) is 2.41. The minimum Gasteiger partial charge on any atom is -0.397 e. The largest absolute Gasteiger partial charge is 0.417 e. The van der Waals surface area contributed by atoms with Crippen LogP contribution in [-0.2, 0) is 6.18 Å². The molecule has 0 unspecified atom stereocenters. The van der Waals surface area contributed by atoms with Crippen molar-refractivity contribution in [3.8, 4) is 0 Å². The highest BCUT2D eigenvalue weighted by molar-refractivity contribution is 9.10. The van der Waals surface area contributed by atoms with E-state index in [2.05, 4.69) is 21.2 Å². The number of amides is 1. The Labute approximate surface area is 127 Å². The first kappa shape index (κ1) is 15.4. The fraction of sp³-hybridized carbons (Fsp3) is 0.0714. The molecule has 2 rings (SSSR count). The molecule has 0 atom stereocenters. The number of benzene rings is 2. The summed E-state index contributed by atoms with van der Waals surface area (Å²) in [5.41, 5.74) is 4.77. The summed E-state index contributed by atoms with van der Waals surface area (Å²) in [5.74, 6) is -0.864. The second-order valence-corrected chi connectivity index (χ2v) is 5.14. The third-order valence-electron chi connectivity index (χ3n) is 2.74. The molecule has 0 aliphatic heterocycles. The third kappa shape index (κ3) is 3.55. The van der Waals surface area contributed by atoms with Crippen molar-refractivity contribution in [1.29, 1.82) is 0 Å². The number of nitrogens with one attached hydrogen (secondary N) is 1. The summed E-state index contributed by atoms with van der Waals surface area (Å²) in [6.45, 7) is 0. The van der Waals surface area contributed by atoms with Gasteiger partial charge < -0.3 is 11.1 Å². The van der Waals surface area contributed by atoms with Gasteiger partial charge in [0.1, 0.15) is 0 Å². The average molecular weight is 359 g/mol. The molecule has 21 heavy (non-hydrogen) atoms. The third-order valence-corrected chi connectivity index (χ3v) is 3.23. The van der Waals surface area contributed by atoms with Crippen LogP contribution >= 0.6 is 15.9 Å². The maximum absolute atomic E-state index is 12.9. The quantitative estimate of drug-likeness (QED) is 0.786. The zero-order valence-electron chi connectivity index (χ0n) is 10.5. The highest BCUT2D eigenvalue weighted by Gasteiger charge is 2.34. The molecule has 1 amide bonds. The number of nitrogen functional groups attached to an aromatic ring is 1. The van der Waals surface area contributed by atoms with Crippen molar-refractivity contribution in [2.24, 2.45) is 0 Å². The summed E-state index contributed by atoms with van der Waals surface area (Å²) in [4.78, 5) is 12.0. The lowest BCUT2D eigenvalue weighted by Crippen LogP contribution is -2.19. The van der Waals surface area contributed by atoms with Crippen molar-refractivity contribution < 1.29 is 18.0 Å². The molecule has 0 saturated carbocycles. The fourth-order valence-electron chi connectivity index (χ4n) is 1.77. The summed E-state index contributed by atoms with van der Waals surface area (Å²) >= 11 is 3.20. The van der Waals surface area contributed by atoms with Gasteiger partial charge in [0.15, 0.2) is 0 Å². The van der Waals surface area contributed by atoms with Crippen molar-refractivity contribution in [3.05, 3.63) is 58.1 Å². The van der Waals surface area contributed by atoms with Gasteiger partial charge in [0, 0.05) is 4.47 Å². The van der Waals surface area contributed by atoms with Gasteiger partial charge in [-0.3, -0.25) is 4.79 Å². The molecule has 2 aromatic carbocycles. The molecule has 0 spiro atoms. The first-order chi connectivity index (χ1) is 9.79. The van der Waals surface area contributed by atoms with E-state index in [9.17, 15) is 18.0 Å². The second kappa shape index (κ2) is 5.77. The minimum absolute atomic E-state index is 0.250. The lowest BCUT2D eigenvalue weighted by molar-refractivity contribution is -0.137. The van der Waals surface area contributed by atoms with Crippen LogP contribution in [0, 0.1) is 0 Å². The second-order valence-electron chi connectivity index (χ2n) is 4.23. The van der Waals surface area contributed by atoms with Crippen molar-refractivity contribution >= 4 is 33.2 Å². The molecule has 0 radical (unpaired) electrons. The Morgan fingerprint density at radius 2 is 1.81 bits per heavy atom. The minimum atomic E-state index is -4.60. The molecule has 0 saturated heterocycles. The topological polar surface area (TPSA) is 55.1 Å². The van der Waals surface area contributed by atoms with Gasteiger partial charge in [-0.2, -0.15) is 13.2 Å². The standard InChI is InChI=1S/C14H10BrF3N2O/c15-8-5-6-12(11(19)7-8)20-13(21)9-3-1-2-4-10(9)14(16,17)18/h1-7H,19H2,(H,20,21). The number of alkyl halides is 3. The van der Waals surface area contributed by atoms with Crippen LogP contribution in [0.4, 0.5) is 24.5 Å². The van der Waals surface area contributed by atoms with Crippen LogP contribution < -0.4 is 11.1 Å². The maximum Gasteiger partial charge on any atom is 0.417 e. The SMILES string of the molecule is Nc1cc(Br)ccc1NC(=O)c1ccccc1C(F)(F)F. The smallest absolute Gasteiger partial charge is 0.397 e. The van der Waals surface area contributed by atoms with Crippen LogP contribution in [0.15, 0.2) is 46.9 Å². The summed E-state index contributed by atoms with van der Waals surface area (Å²) in [7, 11) is 0. The van der Waals surface area contributed by atoms with Crippen LogP contribution in [0.25, 0.3) is 0 Å². The predicted octanol–water partition coefficient (Wildman–Crippen LogP) is 4.30. The van der Waals surface area contributed by atoms with E-state index >= 15 is 0 Å². The molecular weight excluding hydrogens is 349 g/mol. The Kier molecular flexibility index (Phi) is 4.22. The normalized spacial score (nSPS) is 11.2. The van der Waals surface area contributed by atoms with Crippen molar-refractivity contribution in [2.45, 2.75) is 6.18 Å². The van der Waals surface area contributed by atoms with E-state index in [1.165, 1.54) is 18.2 Å².